The van der Waals surface area contributed by atoms with E-state index in [4.69, 9.17) is 16.1 Å². The lowest BCUT2D eigenvalue weighted by molar-refractivity contribution is 0.308. The van der Waals surface area contributed by atoms with Gasteiger partial charge in [0.05, 0.1) is 5.92 Å². The van der Waals surface area contributed by atoms with Crippen LogP contribution in [0.3, 0.4) is 0 Å². The van der Waals surface area contributed by atoms with Crippen LogP contribution in [-0.2, 0) is 0 Å². The number of hydrogen-bond acceptors (Lipinski definition) is 4. The number of halogens is 1. The number of nitrogens with zero attached hydrogens (tertiary/aromatic N) is 2. The van der Waals surface area contributed by atoms with Gasteiger partial charge in [-0.25, -0.2) is 0 Å². The van der Waals surface area contributed by atoms with Crippen molar-refractivity contribution in [1.29, 1.82) is 0 Å². The zero-order chi connectivity index (χ0) is 11.0. The Balaban J connectivity index is 1.88. The third kappa shape index (κ3) is 1.70. The van der Waals surface area contributed by atoms with Gasteiger partial charge in [-0.05, 0) is 24.3 Å². The lowest BCUT2D eigenvalue weighted by Crippen LogP contribution is -2.40. The Morgan fingerprint density at radius 2 is 2.00 bits per heavy atom. The molecule has 1 aliphatic heterocycles. The van der Waals surface area contributed by atoms with Crippen LogP contribution in [0.5, 0.6) is 0 Å². The summed E-state index contributed by atoms with van der Waals surface area (Å²) in [4.78, 5) is 4.37. The number of hydrogen-bond donors (Lipinski definition) is 1. The summed E-state index contributed by atoms with van der Waals surface area (Å²) in [7, 11) is 0. The van der Waals surface area contributed by atoms with Crippen LogP contribution in [0.2, 0.25) is 5.02 Å². The van der Waals surface area contributed by atoms with E-state index in [1.165, 1.54) is 0 Å². The first kappa shape index (κ1) is 9.81. The molecule has 0 atom stereocenters. The lowest BCUT2D eigenvalue weighted by atomic mass is 10.0. The van der Waals surface area contributed by atoms with Crippen molar-refractivity contribution in [1.82, 2.24) is 15.5 Å². The molecule has 1 aromatic heterocycles. The summed E-state index contributed by atoms with van der Waals surface area (Å²) in [5.74, 6) is 1.70. The summed E-state index contributed by atoms with van der Waals surface area (Å²) in [5.41, 5.74) is 0.923. The molecule has 2 aromatic rings. The summed E-state index contributed by atoms with van der Waals surface area (Å²) < 4.78 is 5.22. The second kappa shape index (κ2) is 3.88. The monoisotopic (exact) mass is 235 g/mol. The molecule has 0 amide bonds. The molecule has 0 bridgehead atoms. The van der Waals surface area contributed by atoms with Crippen LogP contribution >= 0.6 is 11.6 Å². The molecule has 0 aliphatic carbocycles. The Hall–Kier alpha value is -1.39. The van der Waals surface area contributed by atoms with Crippen molar-refractivity contribution in [3.63, 3.8) is 0 Å². The summed E-state index contributed by atoms with van der Waals surface area (Å²) >= 11 is 5.81. The van der Waals surface area contributed by atoms with Crippen LogP contribution in [0.25, 0.3) is 11.4 Å². The van der Waals surface area contributed by atoms with Gasteiger partial charge < -0.3 is 9.84 Å². The maximum Gasteiger partial charge on any atom is 0.232 e. The van der Waals surface area contributed by atoms with E-state index in [0.717, 1.165) is 18.7 Å². The van der Waals surface area contributed by atoms with Gasteiger partial charge in [-0.1, -0.05) is 16.8 Å². The Labute approximate surface area is 97.6 Å². The SMILES string of the molecule is Clc1ccc(-c2noc(C3CNC3)n2)cc1. The first-order valence-corrected chi connectivity index (χ1v) is 5.51. The molecule has 0 radical (unpaired) electrons. The molecule has 1 saturated heterocycles. The van der Waals surface area contributed by atoms with Crippen LogP contribution in [0.15, 0.2) is 28.8 Å². The maximum absolute atomic E-state index is 5.81. The fraction of sp³-hybridized carbons (Fsp3) is 0.273. The first-order chi connectivity index (χ1) is 7.83. The van der Waals surface area contributed by atoms with Gasteiger partial charge in [-0.2, -0.15) is 4.98 Å². The third-order valence-corrected chi connectivity index (χ3v) is 2.93. The average Bonchev–Trinajstić information content (AvgIpc) is 2.65. The van der Waals surface area contributed by atoms with Gasteiger partial charge in [0.2, 0.25) is 11.7 Å². The van der Waals surface area contributed by atoms with Crippen molar-refractivity contribution in [3.8, 4) is 11.4 Å². The molecule has 1 fully saturated rings. The molecule has 0 unspecified atom stereocenters. The molecule has 82 valence electrons. The van der Waals surface area contributed by atoms with Gasteiger partial charge in [-0.3, -0.25) is 0 Å². The molecule has 2 heterocycles. The van der Waals surface area contributed by atoms with E-state index in [-0.39, 0.29) is 0 Å². The third-order valence-electron chi connectivity index (χ3n) is 2.67. The normalized spacial score (nSPS) is 16.1. The van der Waals surface area contributed by atoms with Gasteiger partial charge in [-0.15, -0.1) is 0 Å². The Kier molecular flexibility index (Phi) is 2.38. The molecule has 0 saturated carbocycles. The van der Waals surface area contributed by atoms with Gasteiger partial charge in [0.15, 0.2) is 0 Å². The van der Waals surface area contributed by atoms with Crippen molar-refractivity contribution in [3.05, 3.63) is 35.2 Å². The predicted molar refractivity (Wildman–Crippen MR) is 60.4 cm³/mol. The second-order valence-electron chi connectivity index (χ2n) is 3.82. The highest BCUT2D eigenvalue weighted by atomic mass is 35.5. The maximum atomic E-state index is 5.81. The molecule has 5 heteroatoms. The Morgan fingerprint density at radius 3 is 2.62 bits per heavy atom. The molecule has 3 rings (SSSR count). The van der Waals surface area contributed by atoms with Crippen LogP contribution in [0.1, 0.15) is 11.8 Å². The minimum atomic E-state index is 0.369. The smallest absolute Gasteiger partial charge is 0.232 e. The van der Waals surface area contributed by atoms with Crippen LogP contribution < -0.4 is 5.32 Å². The summed E-state index contributed by atoms with van der Waals surface area (Å²) in [6.45, 7) is 1.84. The van der Waals surface area contributed by atoms with Crippen LogP contribution in [-0.4, -0.2) is 23.2 Å². The Morgan fingerprint density at radius 1 is 1.25 bits per heavy atom. The Bertz CT molecular complexity index is 490. The fourth-order valence-electron chi connectivity index (χ4n) is 1.58. The second-order valence-corrected chi connectivity index (χ2v) is 4.25. The number of aromatic nitrogens is 2. The van der Waals surface area contributed by atoms with Crippen molar-refractivity contribution in [2.24, 2.45) is 0 Å². The predicted octanol–water partition coefficient (Wildman–Crippen LogP) is 2.08. The molecular formula is C11H10ClN3O. The molecule has 16 heavy (non-hydrogen) atoms. The van der Waals surface area contributed by atoms with Crippen LogP contribution in [0, 0.1) is 0 Å². The van der Waals surface area contributed by atoms with Gasteiger partial charge >= 0.3 is 0 Å². The summed E-state index contributed by atoms with van der Waals surface area (Å²) in [5, 5.41) is 7.84. The molecular weight excluding hydrogens is 226 g/mol. The molecule has 1 aromatic carbocycles. The molecule has 0 spiro atoms. The van der Waals surface area contributed by atoms with Crippen molar-refractivity contribution >= 4 is 11.6 Å². The number of nitrogens with one attached hydrogen (secondary N) is 1. The average molecular weight is 236 g/mol. The number of benzene rings is 1. The van der Waals surface area contributed by atoms with Crippen molar-refractivity contribution in [2.75, 3.05) is 13.1 Å². The van der Waals surface area contributed by atoms with Crippen LogP contribution in [0.4, 0.5) is 0 Å². The van der Waals surface area contributed by atoms with E-state index in [9.17, 15) is 0 Å². The zero-order valence-corrected chi connectivity index (χ0v) is 9.24. The van der Waals surface area contributed by atoms with Gasteiger partial charge in [0, 0.05) is 23.7 Å². The van der Waals surface area contributed by atoms with Gasteiger partial charge in [0.25, 0.3) is 0 Å². The first-order valence-electron chi connectivity index (χ1n) is 5.13. The van der Waals surface area contributed by atoms with E-state index < -0.39 is 0 Å². The summed E-state index contributed by atoms with van der Waals surface area (Å²) in [6, 6.07) is 7.40. The number of rotatable bonds is 2. The van der Waals surface area contributed by atoms with Crippen molar-refractivity contribution in [2.45, 2.75) is 5.92 Å². The molecule has 4 nitrogen and oxygen atoms in total. The van der Waals surface area contributed by atoms with E-state index in [2.05, 4.69) is 15.5 Å². The zero-order valence-electron chi connectivity index (χ0n) is 8.48. The minimum Gasteiger partial charge on any atom is -0.339 e. The van der Waals surface area contributed by atoms with E-state index in [1.807, 2.05) is 24.3 Å². The lowest BCUT2D eigenvalue weighted by Gasteiger charge is -2.22. The highest BCUT2D eigenvalue weighted by molar-refractivity contribution is 6.30. The topological polar surface area (TPSA) is 51.0 Å². The molecule has 1 N–H and O–H groups in total. The largest absolute Gasteiger partial charge is 0.339 e. The van der Waals surface area contributed by atoms with Gasteiger partial charge in [0.1, 0.15) is 0 Å². The van der Waals surface area contributed by atoms with E-state index >= 15 is 0 Å². The van der Waals surface area contributed by atoms with Crippen molar-refractivity contribution < 1.29 is 4.52 Å². The van der Waals surface area contributed by atoms with E-state index in [0.29, 0.717) is 22.7 Å². The highest BCUT2D eigenvalue weighted by Crippen LogP contribution is 2.23. The summed E-state index contributed by atoms with van der Waals surface area (Å²) in [6.07, 6.45) is 0. The van der Waals surface area contributed by atoms with E-state index in [1.54, 1.807) is 0 Å². The minimum absolute atomic E-state index is 0.369. The molecule has 1 aliphatic rings. The quantitative estimate of drug-likeness (QED) is 0.866. The standard InChI is InChI=1S/C11H10ClN3O/c12-9-3-1-7(2-4-9)10-14-11(16-15-10)8-5-13-6-8/h1-4,8,13H,5-6H2. The highest BCUT2D eigenvalue weighted by Gasteiger charge is 2.25. The fourth-order valence-corrected chi connectivity index (χ4v) is 1.71.